The average Bonchev–Trinajstić information content (AvgIpc) is 2.98. The van der Waals surface area contributed by atoms with Crippen molar-refractivity contribution >= 4 is 23.6 Å². The van der Waals surface area contributed by atoms with Gasteiger partial charge in [-0.15, -0.1) is 0 Å². The standard InChI is InChI=1S/C21H20N2O7/c1-28-15(25)10-23-12-7-5-8-13(24)16(12)21(20(23)27)11-6-3-4-9-14(11)30-18(22)17(21)19(26)29-2/h3-4,6,9H,5,7-8,10,22H2,1-2H3/t21-/m0/s1. The van der Waals surface area contributed by atoms with Gasteiger partial charge in [-0.3, -0.25) is 14.4 Å². The van der Waals surface area contributed by atoms with Crippen molar-refractivity contribution in [2.45, 2.75) is 24.7 Å². The van der Waals surface area contributed by atoms with Gasteiger partial charge in [0.25, 0.3) is 0 Å². The van der Waals surface area contributed by atoms with E-state index < -0.39 is 23.3 Å². The van der Waals surface area contributed by atoms with Gasteiger partial charge in [-0.2, -0.15) is 0 Å². The lowest BCUT2D eigenvalue weighted by Gasteiger charge is -2.37. The van der Waals surface area contributed by atoms with Crippen molar-refractivity contribution in [3.05, 3.63) is 52.6 Å². The van der Waals surface area contributed by atoms with Crippen molar-refractivity contribution in [1.82, 2.24) is 4.90 Å². The highest BCUT2D eigenvalue weighted by molar-refractivity contribution is 6.19. The minimum atomic E-state index is -1.84. The number of benzene rings is 1. The summed E-state index contributed by atoms with van der Waals surface area (Å²) in [5.74, 6) is -2.53. The summed E-state index contributed by atoms with van der Waals surface area (Å²) in [6.45, 7) is -0.388. The molecule has 0 saturated heterocycles. The molecule has 2 aliphatic heterocycles. The Hall–Kier alpha value is -3.62. The summed E-state index contributed by atoms with van der Waals surface area (Å²) in [5.41, 5.74) is 4.83. The molecule has 30 heavy (non-hydrogen) atoms. The minimum Gasteiger partial charge on any atom is -0.468 e. The third kappa shape index (κ3) is 2.47. The van der Waals surface area contributed by atoms with Crippen LogP contribution < -0.4 is 10.5 Å². The number of nitrogens with zero attached hydrogens (tertiary/aromatic N) is 1. The number of nitrogens with two attached hydrogens (primary N) is 1. The number of para-hydroxylation sites is 1. The Bertz CT molecular complexity index is 1060. The fourth-order valence-corrected chi connectivity index (χ4v) is 4.51. The Morgan fingerprint density at radius 1 is 1.17 bits per heavy atom. The van der Waals surface area contributed by atoms with E-state index in [1.165, 1.54) is 12.0 Å². The van der Waals surface area contributed by atoms with E-state index in [0.717, 1.165) is 7.11 Å². The SMILES string of the molecule is COC(=O)CN1C(=O)[C@]2(C(C(=O)OC)=C(N)Oc3ccccc32)C2=C1CCCC2=O. The Labute approximate surface area is 172 Å². The van der Waals surface area contributed by atoms with Crippen LogP contribution in [0.15, 0.2) is 47.0 Å². The van der Waals surface area contributed by atoms with Gasteiger partial charge in [-0.1, -0.05) is 18.2 Å². The zero-order chi connectivity index (χ0) is 21.6. The van der Waals surface area contributed by atoms with Gasteiger partial charge < -0.3 is 24.8 Å². The lowest BCUT2D eigenvalue weighted by atomic mass is 9.65. The van der Waals surface area contributed by atoms with Crippen molar-refractivity contribution in [2.75, 3.05) is 20.8 Å². The number of ether oxygens (including phenoxy) is 3. The number of hydrogen-bond acceptors (Lipinski definition) is 8. The van der Waals surface area contributed by atoms with Crippen LogP contribution >= 0.6 is 0 Å². The highest BCUT2D eigenvalue weighted by Gasteiger charge is 2.64. The Kier molecular flexibility index (Phi) is 4.60. The van der Waals surface area contributed by atoms with Crippen LogP contribution in [0.4, 0.5) is 0 Å². The van der Waals surface area contributed by atoms with E-state index in [9.17, 15) is 19.2 Å². The van der Waals surface area contributed by atoms with Crippen LogP contribution in [0.3, 0.4) is 0 Å². The largest absolute Gasteiger partial charge is 0.468 e. The fourth-order valence-electron chi connectivity index (χ4n) is 4.51. The molecule has 2 N–H and O–H groups in total. The van der Waals surface area contributed by atoms with E-state index in [4.69, 9.17) is 19.9 Å². The van der Waals surface area contributed by atoms with Crippen molar-refractivity contribution in [2.24, 2.45) is 5.73 Å². The molecule has 156 valence electrons. The molecule has 0 bridgehead atoms. The third-order valence-electron chi connectivity index (χ3n) is 5.69. The smallest absolute Gasteiger partial charge is 0.340 e. The first-order valence-corrected chi connectivity index (χ1v) is 9.39. The number of hydrogen-bond donors (Lipinski definition) is 1. The molecule has 0 aromatic heterocycles. The number of esters is 2. The van der Waals surface area contributed by atoms with Gasteiger partial charge in [-0.25, -0.2) is 4.79 Å². The molecule has 1 aromatic rings. The van der Waals surface area contributed by atoms with Crippen molar-refractivity contribution < 1.29 is 33.4 Å². The second-order valence-electron chi connectivity index (χ2n) is 7.14. The highest BCUT2D eigenvalue weighted by Crippen LogP contribution is 2.56. The molecule has 4 rings (SSSR count). The molecular weight excluding hydrogens is 392 g/mol. The lowest BCUT2D eigenvalue weighted by molar-refractivity contribution is -0.146. The molecule has 1 atom stereocenters. The molecule has 1 spiro atoms. The zero-order valence-electron chi connectivity index (χ0n) is 16.5. The topological polar surface area (TPSA) is 125 Å². The number of Topliss-reactive ketones (excluding diaryl/α,β-unsaturated/α-hetero) is 1. The molecule has 0 unspecified atom stereocenters. The van der Waals surface area contributed by atoms with Gasteiger partial charge in [0, 0.05) is 23.3 Å². The molecule has 2 heterocycles. The highest BCUT2D eigenvalue weighted by atomic mass is 16.5. The minimum absolute atomic E-state index is 0.141. The van der Waals surface area contributed by atoms with Crippen molar-refractivity contribution in [3.63, 3.8) is 0 Å². The summed E-state index contributed by atoms with van der Waals surface area (Å²) in [5, 5.41) is 0. The van der Waals surface area contributed by atoms with Gasteiger partial charge >= 0.3 is 11.9 Å². The van der Waals surface area contributed by atoms with Gasteiger partial charge in [0.1, 0.15) is 23.3 Å². The third-order valence-corrected chi connectivity index (χ3v) is 5.69. The van der Waals surface area contributed by atoms with Crippen LogP contribution in [-0.4, -0.2) is 49.3 Å². The molecule has 1 aliphatic carbocycles. The number of amides is 1. The molecule has 9 heteroatoms. The first kappa shape index (κ1) is 19.7. The van der Waals surface area contributed by atoms with Crippen LogP contribution in [0.2, 0.25) is 0 Å². The van der Waals surface area contributed by atoms with Gasteiger partial charge in [-0.05, 0) is 18.9 Å². The molecule has 9 nitrogen and oxygen atoms in total. The Morgan fingerprint density at radius 2 is 1.90 bits per heavy atom. The number of rotatable bonds is 3. The summed E-state index contributed by atoms with van der Waals surface area (Å²) < 4.78 is 15.3. The van der Waals surface area contributed by atoms with Crippen LogP contribution in [-0.2, 0) is 34.1 Å². The number of carbonyl (C=O) groups is 4. The Balaban J connectivity index is 2.08. The molecular formula is C21H20N2O7. The maximum absolute atomic E-state index is 14.0. The monoisotopic (exact) mass is 412 g/mol. The number of methoxy groups -OCH3 is 2. The van der Waals surface area contributed by atoms with Gasteiger partial charge in [0.15, 0.2) is 5.78 Å². The molecule has 0 saturated carbocycles. The fraction of sp³-hybridized carbons (Fsp3) is 0.333. The summed E-state index contributed by atoms with van der Waals surface area (Å²) in [6, 6.07) is 6.56. The number of ketones is 1. The second kappa shape index (κ2) is 7.01. The molecule has 0 radical (unpaired) electrons. The lowest BCUT2D eigenvalue weighted by Crippen LogP contribution is -2.50. The quantitative estimate of drug-likeness (QED) is 0.719. The van der Waals surface area contributed by atoms with E-state index in [0.29, 0.717) is 24.1 Å². The van der Waals surface area contributed by atoms with Crippen LogP contribution in [0.1, 0.15) is 24.8 Å². The molecule has 3 aliphatic rings. The maximum atomic E-state index is 14.0. The molecule has 1 aromatic carbocycles. The predicted molar refractivity (Wildman–Crippen MR) is 102 cm³/mol. The predicted octanol–water partition coefficient (Wildman–Crippen LogP) is 0.682. The van der Waals surface area contributed by atoms with E-state index in [2.05, 4.69) is 0 Å². The zero-order valence-corrected chi connectivity index (χ0v) is 16.5. The summed E-state index contributed by atoms with van der Waals surface area (Å²) in [4.78, 5) is 53.2. The summed E-state index contributed by atoms with van der Waals surface area (Å²) in [6.07, 6.45) is 1.11. The van der Waals surface area contributed by atoms with E-state index >= 15 is 0 Å². The van der Waals surface area contributed by atoms with E-state index in [1.54, 1.807) is 24.3 Å². The van der Waals surface area contributed by atoms with Crippen molar-refractivity contribution in [3.8, 4) is 5.75 Å². The number of allylic oxidation sites excluding steroid dienone is 1. The van der Waals surface area contributed by atoms with E-state index in [1.807, 2.05) is 0 Å². The number of carbonyl (C=O) groups excluding carboxylic acids is 4. The molecule has 0 fully saturated rings. The second-order valence-corrected chi connectivity index (χ2v) is 7.14. The van der Waals surface area contributed by atoms with Gasteiger partial charge in [0.2, 0.25) is 11.8 Å². The summed E-state index contributed by atoms with van der Waals surface area (Å²) >= 11 is 0. The van der Waals surface area contributed by atoms with Gasteiger partial charge in [0.05, 0.1) is 14.2 Å². The maximum Gasteiger partial charge on any atom is 0.340 e. The average molecular weight is 412 g/mol. The summed E-state index contributed by atoms with van der Waals surface area (Å²) in [7, 11) is 2.36. The first-order chi connectivity index (χ1) is 14.4. The normalized spacial score (nSPS) is 22.7. The van der Waals surface area contributed by atoms with Crippen LogP contribution in [0, 0.1) is 0 Å². The van der Waals surface area contributed by atoms with Crippen LogP contribution in [0.5, 0.6) is 5.75 Å². The van der Waals surface area contributed by atoms with Crippen molar-refractivity contribution in [1.29, 1.82) is 0 Å². The number of fused-ring (bicyclic) bond motifs is 3. The first-order valence-electron chi connectivity index (χ1n) is 9.39. The van der Waals surface area contributed by atoms with E-state index in [-0.39, 0.29) is 41.5 Å². The van der Waals surface area contributed by atoms with Crippen LogP contribution in [0.25, 0.3) is 0 Å². The molecule has 1 amide bonds. The Morgan fingerprint density at radius 3 is 2.60 bits per heavy atom.